The van der Waals surface area contributed by atoms with Gasteiger partial charge in [-0.2, -0.15) is 4.31 Å². The van der Waals surface area contributed by atoms with Gasteiger partial charge in [-0.15, -0.1) is 0 Å². The van der Waals surface area contributed by atoms with Crippen LogP contribution in [0.15, 0.2) is 0 Å². The van der Waals surface area contributed by atoms with Crippen molar-refractivity contribution in [2.45, 2.75) is 54.8 Å². The van der Waals surface area contributed by atoms with Gasteiger partial charge in [-0.3, -0.25) is 4.52 Å². The highest BCUT2D eigenvalue weighted by molar-refractivity contribution is 7.60. The Morgan fingerprint density at radius 3 is 1.97 bits per heavy atom. The van der Waals surface area contributed by atoms with Crippen LogP contribution < -0.4 is 0 Å². The molecule has 184 valence electrons. The second-order valence-corrected chi connectivity index (χ2v) is 9.54. The average Bonchev–Trinajstić information content (AvgIpc) is 2.90. The van der Waals surface area contributed by atoms with E-state index in [-0.39, 0.29) is 0 Å². The van der Waals surface area contributed by atoms with E-state index in [0.717, 1.165) is 0 Å². The second kappa shape index (κ2) is 10.0. The maximum Gasteiger partial charge on any atom is 0.481 e. The van der Waals surface area contributed by atoms with E-state index in [0.29, 0.717) is 0 Å². The molecule has 2 fully saturated rings. The Morgan fingerprint density at radius 1 is 0.871 bits per heavy atom. The van der Waals surface area contributed by atoms with E-state index >= 15 is 0 Å². The minimum atomic E-state index is -5.43. The third-order valence-corrected chi connectivity index (χ3v) is 6.65. The highest BCUT2D eigenvalue weighted by Gasteiger charge is 2.58. The fourth-order valence-corrected chi connectivity index (χ4v) is 4.54. The van der Waals surface area contributed by atoms with Crippen molar-refractivity contribution in [3.8, 4) is 0 Å². The molecule has 0 radical (unpaired) electrons. The zero-order valence-electron chi connectivity index (χ0n) is 15.5. The van der Waals surface area contributed by atoms with Gasteiger partial charge in [0.2, 0.25) is 5.79 Å². The van der Waals surface area contributed by atoms with Crippen LogP contribution in [0.4, 0.5) is 0 Å². The van der Waals surface area contributed by atoms with Gasteiger partial charge in [-0.05, 0) is 0 Å². The molecule has 2 heterocycles. The Balaban J connectivity index is 2.14. The average molecular weight is 502 g/mol. The molecule has 0 saturated carbocycles. The number of rotatable bonds is 9. The van der Waals surface area contributed by atoms with E-state index in [4.69, 9.17) is 29.1 Å². The molecule has 0 aromatic heterocycles. The Hall–Kier alpha value is -0.140. The number of aliphatic hydroxyl groups excluding tert-OH is 7. The summed E-state index contributed by atoms with van der Waals surface area (Å²) in [5.74, 6) is -2.44. The van der Waals surface area contributed by atoms with E-state index < -0.39 is 90.3 Å². The lowest BCUT2D eigenvalue weighted by Gasteiger charge is -2.43. The number of ether oxygens (including phenoxy) is 3. The van der Waals surface area contributed by atoms with Gasteiger partial charge in [-0.1, -0.05) is 0 Å². The molecule has 0 spiro atoms. The van der Waals surface area contributed by atoms with Crippen LogP contribution in [-0.4, -0.2) is 125 Å². The summed E-state index contributed by atoms with van der Waals surface area (Å²) in [6, 6.07) is 0. The van der Waals surface area contributed by atoms with Crippen LogP contribution in [0.5, 0.6) is 0 Å². The molecule has 0 aromatic rings. The van der Waals surface area contributed by atoms with Crippen molar-refractivity contribution in [1.29, 1.82) is 0 Å². The third kappa shape index (κ3) is 6.26. The molecule has 0 bridgehead atoms. The summed E-state index contributed by atoms with van der Waals surface area (Å²) in [7, 11) is -10.8. The predicted molar refractivity (Wildman–Crippen MR) is 90.5 cm³/mol. The van der Waals surface area contributed by atoms with Crippen molar-refractivity contribution >= 4 is 15.6 Å². The topological polar surface area (TPSA) is 283 Å². The molecule has 10 atom stereocenters. The zero-order chi connectivity index (χ0) is 23.8. The molecule has 2 aliphatic heterocycles. The highest BCUT2D eigenvalue weighted by Crippen LogP contribution is 2.57. The Morgan fingerprint density at radius 2 is 1.48 bits per heavy atom. The van der Waals surface area contributed by atoms with Crippen molar-refractivity contribution in [2.24, 2.45) is 0 Å². The fourth-order valence-electron chi connectivity index (χ4n) is 2.94. The van der Waals surface area contributed by atoms with Crippen LogP contribution in [-0.2, 0) is 32.2 Å². The van der Waals surface area contributed by atoms with Crippen LogP contribution >= 0.6 is 15.6 Å². The van der Waals surface area contributed by atoms with Gasteiger partial charge in [0.1, 0.15) is 49.3 Å². The third-order valence-electron chi connectivity index (χ3n) is 4.50. The van der Waals surface area contributed by atoms with E-state index in [1.165, 1.54) is 0 Å². The van der Waals surface area contributed by atoms with Gasteiger partial charge in [0.05, 0.1) is 13.2 Å². The van der Waals surface area contributed by atoms with Crippen LogP contribution in [0.2, 0.25) is 0 Å². The van der Waals surface area contributed by atoms with E-state index in [1.54, 1.807) is 0 Å². The predicted octanol–water partition coefficient (Wildman–Crippen LogP) is -5.16. The molecule has 2 saturated heterocycles. The number of aliphatic hydroxyl groups is 7. The first-order valence-electron chi connectivity index (χ1n) is 8.53. The summed E-state index contributed by atoms with van der Waals surface area (Å²) in [6.45, 7) is -3.04. The lowest BCUT2D eigenvalue weighted by atomic mass is 9.99. The molecule has 17 nitrogen and oxygen atoms in total. The molecular formula is C12H24O17P2. The maximum absolute atomic E-state index is 11.5. The Labute approximate surface area is 173 Å². The SMILES string of the molecule is O=P(O)(O)OP(=O)(O)OC[C@H]1O[C@H](O[C@]2(CO)O[C@H](CO)[C@@H](O)[C@@H]2O)[C@H](O)[C@@H](O)[C@@H]1O. The summed E-state index contributed by atoms with van der Waals surface area (Å²) in [5.41, 5.74) is 0. The lowest BCUT2D eigenvalue weighted by molar-refractivity contribution is -0.383. The largest absolute Gasteiger partial charge is 0.481 e. The van der Waals surface area contributed by atoms with Gasteiger partial charge >= 0.3 is 15.6 Å². The van der Waals surface area contributed by atoms with Crippen molar-refractivity contribution in [1.82, 2.24) is 0 Å². The Bertz CT molecular complexity index is 701. The fraction of sp³-hybridized carbons (Fsp3) is 1.00. The van der Waals surface area contributed by atoms with Crippen LogP contribution in [0.1, 0.15) is 0 Å². The number of phosphoric acid groups is 2. The van der Waals surface area contributed by atoms with Crippen LogP contribution in [0, 0.1) is 0 Å². The van der Waals surface area contributed by atoms with Gasteiger partial charge in [0, 0.05) is 0 Å². The summed E-state index contributed by atoms with van der Waals surface area (Å²) < 4.78 is 45.5. The molecule has 0 aromatic carbocycles. The van der Waals surface area contributed by atoms with Crippen LogP contribution in [0.25, 0.3) is 0 Å². The van der Waals surface area contributed by atoms with Crippen molar-refractivity contribution in [3.05, 3.63) is 0 Å². The summed E-state index contributed by atoms with van der Waals surface area (Å²) in [4.78, 5) is 26.4. The first-order chi connectivity index (χ1) is 14.2. The summed E-state index contributed by atoms with van der Waals surface area (Å²) in [6.07, 6.45) is -14.9. The molecule has 0 amide bonds. The van der Waals surface area contributed by atoms with Crippen molar-refractivity contribution in [2.75, 3.05) is 19.8 Å². The number of phosphoric ester groups is 1. The van der Waals surface area contributed by atoms with Gasteiger partial charge < -0.3 is 64.6 Å². The first kappa shape index (κ1) is 27.1. The zero-order valence-corrected chi connectivity index (χ0v) is 17.3. The van der Waals surface area contributed by atoms with Gasteiger partial charge in [0.25, 0.3) is 0 Å². The lowest BCUT2D eigenvalue weighted by Crippen LogP contribution is -2.62. The maximum atomic E-state index is 11.5. The minimum Gasteiger partial charge on any atom is -0.394 e. The van der Waals surface area contributed by atoms with E-state index in [1.807, 2.05) is 0 Å². The standard InChI is InChI=1S/C12H24O17P2/c13-1-4-7(16)10(19)12(3-14,27-4)28-11-9(18)8(17)6(15)5(26-11)2-25-31(23,24)29-30(20,21)22/h4-11,13-19H,1-3H2,(H,23,24)(H2,20,21,22)/t4-,5-,6-,7-,8+,9-,10+,11-,12+/m1/s1. The number of hydrogen-bond acceptors (Lipinski definition) is 14. The summed E-state index contributed by atoms with van der Waals surface area (Å²) in [5, 5.41) is 68.8. The van der Waals surface area contributed by atoms with E-state index in [9.17, 15) is 44.7 Å². The quantitative estimate of drug-likeness (QED) is 0.132. The molecule has 1 unspecified atom stereocenters. The number of hydrogen-bond donors (Lipinski definition) is 10. The normalized spacial score (nSPS) is 43.7. The molecule has 0 aliphatic carbocycles. The van der Waals surface area contributed by atoms with Gasteiger partial charge in [0.15, 0.2) is 6.29 Å². The first-order valence-corrected chi connectivity index (χ1v) is 11.6. The molecule has 10 N–H and O–H groups in total. The van der Waals surface area contributed by atoms with Crippen molar-refractivity contribution in [3.63, 3.8) is 0 Å². The molecule has 2 aliphatic rings. The molecular weight excluding hydrogens is 478 g/mol. The monoisotopic (exact) mass is 502 g/mol. The highest BCUT2D eigenvalue weighted by atomic mass is 31.3. The molecule has 2 rings (SSSR count). The second-order valence-electron chi connectivity index (χ2n) is 6.71. The Kier molecular flexibility index (Phi) is 8.75. The molecule has 31 heavy (non-hydrogen) atoms. The smallest absolute Gasteiger partial charge is 0.394 e. The van der Waals surface area contributed by atoms with Crippen molar-refractivity contribution < 1.29 is 82.6 Å². The van der Waals surface area contributed by atoms with Crippen LogP contribution in [0.3, 0.4) is 0 Å². The van der Waals surface area contributed by atoms with E-state index in [2.05, 4.69) is 8.83 Å². The van der Waals surface area contributed by atoms with Gasteiger partial charge in [-0.25, -0.2) is 9.13 Å². The minimum absolute atomic E-state index is 0.791. The molecule has 19 heteroatoms. The summed E-state index contributed by atoms with van der Waals surface area (Å²) >= 11 is 0.